The Morgan fingerprint density at radius 3 is 1.54 bits per heavy atom. The number of para-hydroxylation sites is 1. The maximum Gasteiger partial charge on any atom is 0.220 e. The lowest BCUT2D eigenvalue weighted by Crippen LogP contribution is -2.48. The van der Waals surface area contributed by atoms with Gasteiger partial charge in [0.05, 0.1) is 5.54 Å². The van der Waals surface area contributed by atoms with Gasteiger partial charge in [-0.3, -0.25) is 29.0 Å². The first-order valence-corrected chi connectivity index (χ1v) is 26.2. The van der Waals surface area contributed by atoms with Gasteiger partial charge in [0.25, 0.3) is 0 Å². The third kappa shape index (κ3) is 16.3. The molecule has 13 heteroatoms. The second kappa shape index (κ2) is 27.2. The minimum Gasteiger partial charge on any atom is -0.457 e. The molecule has 2 saturated carbocycles. The van der Waals surface area contributed by atoms with E-state index in [9.17, 15) is 19.2 Å². The van der Waals surface area contributed by atoms with Gasteiger partial charge < -0.3 is 26.0 Å². The van der Waals surface area contributed by atoms with Crippen molar-refractivity contribution in [1.29, 1.82) is 0 Å². The number of halogens is 1. The highest BCUT2D eigenvalue weighted by Gasteiger charge is 2.40. The summed E-state index contributed by atoms with van der Waals surface area (Å²) in [5.41, 5.74) is 3.69. The van der Waals surface area contributed by atoms with Crippen LogP contribution in [0.25, 0.3) is 0 Å². The number of hydrogen-bond donors (Lipinski definition) is 4. The third-order valence-corrected chi connectivity index (χ3v) is 15.3. The molecule has 11 nitrogen and oxygen atoms in total. The lowest BCUT2D eigenvalue weighted by Gasteiger charge is -2.45. The Bertz CT molecular complexity index is 2350. The molecule has 1 heterocycles. The number of nitrogens with zero attached hydrogens (tertiary/aromatic N) is 2. The third-order valence-electron chi connectivity index (χ3n) is 14.0. The molecular formula is C57H73ClN6O5S. The van der Waals surface area contributed by atoms with E-state index in [2.05, 4.69) is 101 Å². The van der Waals surface area contributed by atoms with Gasteiger partial charge in [-0.1, -0.05) is 90.5 Å². The van der Waals surface area contributed by atoms with Gasteiger partial charge >= 0.3 is 0 Å². The van der Waals surface area contributed by atoms with Crippen molar-refractivity contribution in [2.75, 3.05) is 41.3 Å². The molecular weight excluding hydrogens is 916 g/mol. The van der Waals surface area contributed by atoms with Crippen LogP contribution in [0.4, 0.5) is 0 Å². The van der Waals surface area contributed by atoms with Gasteiger partial charge in [-0.05, 0) is 163 Å². The summed E-state index contributed by atoms with van der Waals surface area (Å²) in [6.07, 6.45) is 11.1. The molecule has 374 valence electrons. The molecule has 4 N–H and O–H groups in total. The largest absolute Gasteiger partial charge is 0.457 e. The van der Waals surface area contributed by atoms with Crippen molar-refractivity contribution < 1.29 is 23.9 Å². The maximum absolute atomic E-state index is 12.5. The van der Waals surface area contributed by atoms with E-state index in [0.717, 1.165) is 86.8 Å². The van der Waals surface area contributed by atoms with E-state index in [1.54, 1.807) is 0 Å². The van der Waals surface area contributed by atoms with Gasteiger partial charge in [-0.2, -0.15) is 0 Å². The number of rotatable bonds is 21. The Morgan fingerprint density at radius 2 is 1.01 bits per heavy atom. The Kier molecular flexibility index (Phi) is 20.9. The predicted molar refractivity (Wildman–Crippen MR) is 283 cm³/mol. The van der Waals surface area contributed by atoms with Crippen LogP contribution in [0.15, 0.2) is 127 Å². The molecule has 2 fully saturated rings. The lowest BCUT2D eigenvalue weighted by atomic mass is 9.74. The van der Waals surface area contributed by atoms with Crippen LogP contribution in [-0.2, 0) is 43.1 Å². The number of hydrogen-bond acceptors (Lipinski definition) is 8. The summed E-state index contributed by atoms with van der Waals surface area (Å²) < 4.78 is 5.82. The monoisotopic (exact) mass is 989 g/mol. The number of benzene rings is 4. The van der Waals surface area contributed by atoms with Crippen LogP contribution in [0, 0.1) is 0 Å². The quantitative estimate of drug-likeness (QED) is 0.0576. The van der Waals surface area contributed by atoms with E-state index in [0.29, 0.717) is 37.4 Å². The number of thiophene rings is 1. The van der Waals surface area contributed by atoms with Crippen molar-refractivity contribution in [3.63, 3.8) is 0 Å². The van der Waals surface area contributed by atoms with Crippen molar-refractivity contribution in [3.8, 4) is 11.5 Å². The average Bonchev–Trinajstić information content (AvgIpc) is 3.92. The Balaban J connectivity index is 0.000000233. The first-order chi connectivity index (χ1) is 33.8. The standard InChI is InChI=1S/C31H39N3O3S.C26H34ClN3O2/c1-34(2)31(28-10-7-23-38-28)20-17-25(18-21-31)33-30(36)12-6-11-29(35)32-22-19-24-13-15-27(16-14-24)37-26-8-4-3-5-9-26;1-30(2)26(21-6-4-3-5-7-21)17-14-23(15-18-26)29-25(32)13-12-24(31)28-19-16-20-8-10-22(27)11-9-20/h3-5,7-10,13-16,23,25H,6,11-12,17-22H2,1-2H3,(H,32,35)(H,33,36);3-11,23H,12-19H2,1-2H3,(H,28,31)(H,29,32). The molecule has 0 unspecified atom stereocenters. The molecule has 5 aromatic rings. The molecule has 0 saturated heterocycles. The smallest absolute Gasteiger partial charge is 0.220 e. The number of ether oxygens (including phenoxy) is 1. The zero-order chi connectivity index (χ0) is 49.8. The van der Waals surface area contributed by atoms with Gasteiger partial charge in [0.2, 0.25) is 23.6 Å². The van der Waals surface area contributed by atoms with Crippen LogP contribution in [0.5, 0.6) is 11.5 Å². The van der Waals surface area contributed by atoms with E-state index in [-0.39, 0.29) is 59.6 Å². The summed E-state index contributed by atoms with van der Waals surface area (Å²) in [6, 6.07) is 40.6. The summed E-state index contributed by atoms with van der Waals surface area (Å²) in [5, 5.41) is 15.0. The molecule has 0 bridgehead atoms. The molecule has 4 amide bonds. The molecule has 0 atom stereocenters. The summed E-state index contributed by atoms with van der Waals surface area (Å²) in [7, 11) is 8.58. The fraction of sp³-hybridized carbons (Fsp3) is 0.439. The van der Waals surface area contributed by atoms with Crippen molar-refractivity contribution in [1.82, 2.24) is 31.1 Å². The first kappa shape index (κ1) is 53.8. The molecule has 7 rings (SSSR count). The van der Waals surface area contributed by atoms with E-state index in [1.165, 1.54) is 10.4 Å². The topological polar surface area (TPSA) is 132 Å². The zero-order valence-electron chi connectivity index (χ0n) is 41.5. The molecule has 4 aromatic carbocycles. The van der Waals surface area contributed by atoms with Gasteiger partial charge in [0.15, 0.2) is 0 Å². The van der Waals surface area contributed by atoms with Crippen molar-refractivity contribution in [2.45, 2.75) is 119 Å². The molecule has 2 aliphatic carbocycles. The molecule has 70 heavy (non-hydrogen) atoms. The number of amides is 4. The number of nitrogens with one attached hydrogen (secondary N) is 4. The van der Waals surface area contributed by atoms with Crippen molar-refractivity contribution in [2.24, 2.45) is 0 Å². The SMILES string of the molecule is CN(C)C1(c2ccccc2)CCC(NC(=O)CCC(=O)NCCc2ccc(Cl)cc2)CC1.CN(C)C1(c2cccs2)CCC(NC(=O)CCCC(=O)NCCc2ccc(Oc3ccccc3)cc2)CC1. The van der Waals surface area contributed by atoms with E-state index >= 15 is 0 Å². The molecule has 0 radical (unpaired) electrons. The van der Waals surface area contributed by atoms with E-state index in [4.69, 9.17) is 16.3 Å². The fourth-order valence-corrected chi connectivity index (χ4v) is 11.0. The molecule has 2 aliphatic rings. The Morgan fingerprint density at radius 1 is 0.557 bits per heavy atom. The van der Waals surface area contributed by atoms with Crippen LogP contribution in [-0.4, -0.2) is 86.8 Å². The highest BCUT2D eigenvalue weighted by molar-refractivity contribution is 7.10. The average molecular weight is 990 g/mol. The minimum absolute atomic E-state index is 0.00814. The Labute approximate surface area is 425 Å². The van der Waals surface area contributed by atoms with Crippen LogP contribution in [0.2, 0.25) is 5.02 Å². The van der Waals surface area contributed by atoms with Crippen LogP contribution >= 0.6 is 22.9 Å². The second-order valence-corrected chi connectivity index (χ2v) is 20.5. The van der Waals surface area contributed by atoms with Crippen LogP contribution in [0.3, 0.4) is 0 Å². The second-order valence-electron chi connectivity index (χ2n) is 19.1. The Hall–Kier alpha value is -5.53. The molecule has 0 spiro atoms. The predicted octanol–water partition coefficient (Wildman–Crippen LogP) is 10.2. The van der Waals surface area contributed by atoms with Crippen LogP contribution in [0.1, 0.15) is 105 Å². The lowest BCUT2D eigenvalue weighted by molar-refractivity contribution is -0.127. The van der Waals surface area contributed by atoms with Gasteiger partial charge in [-0.15, -0.1) is 11.3 Å². The summed E-state index contributed by atoms with van der Waals surface area (Å²) >= 11 is 7.70. The van der Waals surface area contributed by atoms with Gasteiger partial charge in [0, 0.05) is 66.3 Å². The number of carbonyl (C=O) groups is 4. The molecule has 0 aliphatic heterocycles. The highest BCUT2D eigenvalue weighted by Crippen LogP contribution is 2.43. The minimum atomic E-state index is -0.0894. The van der Waals surface area contributed by atoms with Crippen LogP contribution < -0.4 is 26.0 Å². The normalized spacial score (nSPS) is 19.9. The zero-order valence-corrected chi connectivity index (χ0v) is 43.1. The van der Waals surface area contributed by atoms with Gasteiger partial charge in [-0.25, -0.2) is 0 Å². The van der Waals surface area contributed by atoms with Crippen molar-refractivity contribution in [3.05, 3.63) is 153 Å². The van der Waals surface area contributed by atoms with Gasteiger partial charge in [0.1, 0.15) is 11.5 Å². The van der Waals surface area contributed by atoms with E-state index in [1.807, 2.05) is 96.3 Å². The van der Waals surface area contributed by atoms with E-state index < -0.39 is 0 Å². The van der Waals surface area contributed by atoms with Crippen molar-refractivity contribution >= 4 is 46.6 Å². The fourth-order valence-electron chi connectivity index (χ4n) is 9.78. The maximum atomic E-state index is 12.5. The summed E-state index contributed by atoms with van der Waals surface area (Å²) in [4.78, 5) is 55.3. The highest BCUT2D eigenvalue weighted by atomic mass is 35.5. The summed E-state index contributed by atoms with van der Waals surface area (Å²) in [6.45, 7) is 1.13. The first-order valence-electron chi connectivity index (χ1n) is 25.0. The molecule has 1 aromatic heterocycles. The summed E-state index contributed by atoms with van der Waals surface area (Å²) in [5.74, 6) is 1.50. The number of carbonyl (C=O) groups excluding carboxylic acids is 4.